The predicted molar refractivity (Wildman–Crippen MR) is 191 cm³/mol. The maximum atomic E-state index is 11.5. The first kappa shape index (κ1) is 38.3. The first-order valence-corrected chi connectivity index (χ1v) is 17.2. The number of aliphatic hydroxyl groups excluding tert-OH is 1. The second kappa shape index (κ2) is 19.6. The van der Waals surface area contributed by atoms with Gasteiger partial charge in [-0.25, -0.2) is 0 Å². The Kier molecular flexibility index (Phi) is 15.0. The number of ether oxygens (including phenoxy) is 5. The van der Waals surface area contributed by atoms with Crippen LogP contribution in [-0.2, 0) is 34.1 Å². The number of pyridine rings is 1. The molecular formula is C37H41ClN2O9S. The molecule has 3 aromatic carbocycles. The number of carboxylic acid groups (broad SMARTS) is 1. The highest BCUT2D eigenvalue weighted by Gasteiger charge is 2.16. The first-order chi connectivity index (χ1) is 24.3. The monoisotopic (exact) mass is 724 g/mol. The zero-order valence-electron chi connectivity index (χ0n) is 28.1. The number of carbonyl (C=O) groups excluding carboxylic acids is 1. The van der Waals surface area contributed by atoms with Gasteiger partial charge in [-0.1, -0.05) is 35.9 Å². The number of benzene rings is 3. The van der Waals surface area contributed by atoms with Gasteiger partial charge in [0.15, 0.2) is 11.5 Å². The average Bonchev–Trinajstić information content (AvgIpc) is 3.13. The standard InChI is InChI=1S/C36H39ClN2O7S.CH2O2/c1-23(20-40)39-18-28-14-31(37)34(16-33(28)45-21-25-13-29(19-38-17-25)47-12-9-36(41)42-3)46-22-27-5-4-6-30(24(27)2)26-7-8-32-35(15-26)44-11-10-43-32;2-1-3/h4-8,13-17,19,23,39-40H,9-12,18,20-22H2,1-3H3;1H,(H,2,3). The molecule has 3 N–H and O–H groups in total. The molecule has 1 aromatic heterocycles. The molecule has 0 fully saturated rings. The van der Waals surface area contributed by atoms with Crippen molar-refractivity contribution in [3.63, 3.8) is 0 Å². The normalized spacial score (nSPS) is 12.3. The van der Waals surface area contributed by atoms with Gasteiger partial charge in [0, 0.05) is 52.8 Å². The minimum absolute atomic E-state index is 0.00188. The molecule has 0 amide bonds. The average molecular weight is 725 g/mol. The molecule has 0 saturated carbocycles. The molecule has 266 valence electrons. The predicted octanol–water partition coefficient (Wildman–Crippen LogP) is 6.47. The van der Waals surface area contributed by atoms with E-state index in [0.29, 0.717) is 55.1 Å². The summed E-state index contributed by atoms with van der Waals surface area (Å²) < 4.78 is 28.8. The van der Waals surface area contributed by atoms with Crippen LogP contribution in [0.2, 0.25) is 5.02 Å². The van der Waals surface area contributed by atoms with Crippen LogP contribution >= 0.6 is 23.4 Å². The van der Waals surface area contributed by atoms with Gasteiger partial charge < -0.3 is 39.2 Å². The van der Waals surface area contributed by atoms with Crippen LogP contribution in [0.25, 0.3) is 11.1 Å². The van der Waals surface area contributed by atoms with E-state index in [-0.39, 0.29) is 31.7 Å². The molecule has 1 unspecified atom stereocenters. The third-order valence-corrected chi connectivity index (χ3v) is 8.94. The van der Waals surface area contributed by atoms with Gasteiger partial charge in [-0.3, -0.25) is 14.6 Å². The number of aromatic nitrogens is 1. The fourth-order valence-corrected chi connectivity index (χ4v) is 6.08. The summed E-state index contributed by atoms with van der Waals surface area (Å²) in [5, 5.41) is 20.2. The zero-order chi connectivity index (χ0) is 35.9. The van der Waals surface area contributed by atoms with E-state index in [1.165, 1.54) is 18.9 Å². The number of nitrogens with one attached hydrogen (secondary N) is 1. The maximum Gasteiger partial charge on any atom is 0.306 e. The summed E-state index contributed by atoms with van der Waals surface area (Å²) in [6, 6.07) is 17.7. The molecular weight excluding hydrogens is 684 g/mol. The number of rotatable bonds is 15. The zero-order valence-corrected chi connectivity index (χ0v) is 29.7. The molecule has 4 aromatic rings. The molecule has 13 heteroatoms. The third-order valence-electron chi connectivity index (χ3n) is 7.68. The Balaban J connectivity index is 0.00000181. The van der Waals surface area contributed by atoms with Crippen molar-refractivity contribution in [3.8, 4) is 34.1 Å². The largest absolute Gasteiger partial charge is 0.488 e. The highest BCUT2D eigenvalue weighted by atomic mass is 35.5. The minimum atomic E-state index is -0.250. The van der Waals surface area contributed by atoms with Gasteiger partial charge >= 0.3 is 5.97 Å². The molecule has 11 nitrogen and oxygen atoms in total. The lowest BCUT2D eigenvalue weighted by molar-refractivity contribution is -0.140. The summed E-state index contributed by atoms with van der Waals surface area (Å²) >= 11 is 8.27. The summed E-state index contributed by atoms with van der Waals surface area (Å²) in [4.78, 5) is 25.1. The fraction of sp³-hybridized carbons (Fsp3) is 0.324. The summed E-state index contributed by atoms with van der Waals surface area (Å²) in [6.07, 6.45) is 3.83. The van der Waals surface area contributed by atoms with Gasteiger partial charge in [0.2, 0.25) is 0 Å². The van der Waals surface area contributed by atoms with E-state index in [0.717, 1.165) is 49.8 Å². The van der Waals surface area contributed by atoms with E-state index in [2.05, 4.69) is 23.3 Å². The summed E-state index contributed by atoms with van der Waals surface area (Å²) in [7, 11) is 1.38. The van der Waals surface area contributed by atoms with Crippen molar-refractivity contribution in [2.45, 2.75) is 51.0 Å². The molecule has 0 bridgehead atoms. The van der Waals surface area contributed by atoms with Gasteiger partial charge in [0.05, 0.1) is 25.2 Å². The van der Waals surface area contributed by atoms with E-state index < -0.39 is 0 Å². The first-order valence-electron chi connectivity index (χ1n) is 15.9. The fourth-order valence-electron chi connectivity index (χ4n) is 4.96. The number of esters is 1. The third kappa shape index (κ3) is 11.0. The van der Waals surface area contributed by atoms with E-state index in [9.17, 15) is 9.90 Å². The van der Waals surface area contributed by atoms with Crippen molar-refractivity contribution in [1.29, 1.82) is 0 Å². The van der Waals surface area contributed by atoms with Crippen LogP contribution in [0.5, 0.6) is 23.0 Å². The van der Waals surface area contributed by atoms with Crippen molar-refractivity contribution in [2.75, 3.05) is 32.7 Å². The van der Waals surface area contributed by atoms with Crippen LogP contribution in [0.4, 0.5) is 0 Å². The van der Waals surface area contributed by atoms with E-state index in [1.54, 1.807) is 12.4 Å². The number of nitrogens with zero attached hydrogens (tertiary/aromatic N) is 1. The SMILES string of the molecule is COC(=O)CCSc1cncc(COc2cc(OCc3cccc(-c4ccc5c(c4)OCCO5)c3C)c(Cl)cc2CNC(C)CO)c1.O=CO. The molecule has 1 aliphatic rings. The van der Waals surface area contributed by atoms with Crippen LogP contribution in [-0.4, -0.2) is 66.4 Å². The van der Waals surface area contributed by atoms with Gasteiger partial charge in [-0.2, -0.15) is 0 Å². The molecule has 2 heterocycles. The van der Waals surface area contributed by atoms with Crippen LogP contribution in [0, 0.1) is 6.92 Å². The number of methoxy groups -OCH3 is 1. The number of fused-ring (bicyclic) bond motifs is 1. The number of hydrogen-bond acceptors (Lipinski definition) is 11. The molecule has 50 heavy (non-hydrogen) atoms. The Bertz CT molecular complexity index is 1740. The Labute approximate surface area is 300 Å². The van der Waals surface area contributed by atoms with Crippen LogP contribution in [0.15, 0.2) is 71.9 Å². The molecule has 1 atom stereocenters. The Morgan fingerprint density at radius 2 is 1.80 bits per heavy atom. The minimum Gasteiger partial charge on any atom is -0.488 e. The highest BCUT2D eigenvalue weighted by molar-refractivity contribution is 7.99. The van der Waals surface area contributed by atoms with Crippen LogP contribution in [0.1, 0.15) is 35.6 Å². The van der Waals surface area contributed by atoms with Gasteiger partial charge in [-0.05, 0) is 60.4 Å². The van der Waals surface area contributed by atoms with E-state index >= 15 is 0 Å². The number of carbonyl (C=O) groups is 2. The van der Waals surface area contributed by atoms with Crippen molar-refractivity contribution < 1.29 is 43.5 Å². The second-order valence-electron chi connectivity index (χ2n) is 11.2. The van der Waals surface area contributed by atoms with Crippen molar-refractivity contribution in [3.05, 3.63) is 94.3 Å². The lowest BCUT2D eigenvalue weighted by Gasteiger charge is -2.20. The van der Waals surface area contributed by atoms with Crippen molar-refractivity contribution in [2.24, 2.45) is 0 Å². The Hall–Kier alpha value is -4.49. The van der Waals surface area contributed by atoms with E-state index in [1.807, 2.05) is 55.5 Å². The maximum absolute atomic E-state index is 11.5. The summed E-state index contributed by atoms with van der Waals surface area (Å²) in [5.74, 6) is 2.95. The van der Waals surface area contributed by atoms with Crippen LogP contribution in [0.3, 0.4) is 0 Å². The second-order valence-corrected chi connectivity index (χ2v) is 12.8. The highest BCUT2D eigenvalue weighted by Crippen LogP contribution is 2.37. The molecule has 0 spiro atoms. The lowest BCUT2D eigenvalue weighted by Crippen LogP contribution is -2.28. The van der Waals surface area contributed by atoms with Gasteiger partial charge in [0.25, 0.3) is 6.47 Å². The Morgan fingerprint density at radius 1 is 1.04 bits per heavy atom. The lowest BCUT2D eigenvalue weighted by atomic mass is 9.96. The summed E-state index contributed by atoms with van der Waals surface area (Å²) in [5.41, 5.74) is 5.93. The summed E-state index contributed by atoms with van der Waals surface area (Å²) in [6.45, 7) is 5.82. The van der Waals surface area contributed by atoms with Crippen molar-refractivity contribution >= 4 is 35.8 Å². The molecule has 0 aliphatic carbocycles. The number of halogens is 1. The van der Waals surface area contributed by atoms with Crippen molar-refractivity contribution in [1.82, 2.24) is 10.3 Å². The van der Waals surface area contributed by atoms with Gasteiger partial charge in [-0.15, -0.1) is 11.8 Å². The molecule has 5 rings (SSSR count). The van der Waals surface area contributed by atoms with Gasteiger partial charge in [0.1, 0.15) is 37.9 Å². The van der Waals surface area contributed by atoms with E-state index in [4.69, 9.17) is 45.2 Å². The Morgan fingerprint density at radius 3 is 2.56 bits per heavy atom. The molecule has 0 saturated heterocycles. The topological polar surface area (TPSA) is 146 Å². The smallest absolute Gasteiger partial charge is 0.306 e. The number of thioether (sulfide) groups is 1. The van der Waals surface area contributed by atoms with Crippen LogP contribution < -0.4 is 24.3 Å². The number of aliphatic hydroxyl groups is 1. The molecule has 1 aliphatic heterocycles. The number of hydrogen-bond donors (Lipinski definition) is 3. The molecule has 0 radical (unpaired) electrons. The quantitative estimate of drug-likeness (QED) is 0.0702.